The van der Waals surface area contributed by atoms with Crippen molar-refractivity contribution in [1.29, 1.82) is 0 Å². The predicted octanol–water partition coefficient (Wildman–Crippen LogP) is 3.58. The van der Waals surface area contributed by atoms with Crippen molar-refractivity contribution < 1.29 is 23.1 Å². The Morgan fingerprint density at radius 2 is 1.84 bits per heavy atom. The van der Waals surface area contributed by atoms with Gasteiger partial charge in [-0.15, -0.1) is 0 Å². The maximum absolute atomic E-state index is 13.5. The highest BCUT2D eigenvalue weighted by molar-refractivity contribution is 6.01. The Kier molecular flexibility index (Phi) is 6.45. The second-order valence-corrected chi connectivity index (χ2v) is 5.12. The molecule has 1 amide bonds. The minimum Gasteiger partial charge on any atom is -0.462 e. The molecule has 0 bridgehead atoms. The number of carbonyl (C=O) groups is 2. The number of carbonyl (C=O) groups excluding carboxylic acids is 2. The molecule has 0 spiro atoms. The van der Waals surface area contributed by atoms with E-state index in [4.69, 9.17) is 4.74 Å². The third-order valence-corrected chi connectivity index (χ3v) is 3.30. The van der Waals surface area contributed by atoms with Crippen LogP contribution in [0.25, 0.3) is 0 Å². The van der Waals surface area contributed by atoms with E-state index >= 15 is 0 Å². The molecule has 2 aromatic rings. The van der Waals surface area contributed by atoms with Gasteiger partial charge in [-0.25, -0.2) is 13.6 Å². The Morgan fingerprint density at radius 3 is 2.56 bits per heavy atom. The van der Waals surface area contributed by atoms with E-state index in [0.717, 1.165) is 12.1 Å². The third kappa shape index (κ3) is 5.27. The fourth-order valence-electron chi connectivity index (χ4n) is 2.14. The fourth-order valence-corrected chi connectivity index (χ4v) is 2.14. The molecular formula is C18H18F2N2O3. The number of ether oxygens (including phenoxy) is 1. The first kappa shape index (κ1) is 18.4. The molecule has 2 N–H and O–H groups in total. The zero-order valence-electron chi connectivity index (χ0n) is 13.6. The van der Waals surface area contributed by atoms with E-state index < -0.39 is 17.6 Å². The lowest BCUT2D eigenvalue weighted by atomic mass is 10.1. The molecule has 2 aromatic carbocycles. The highest BCUT2D eigenvalue weighted by atomic mass is 19.1. The molecule has 0 atom stereocenters. The lowest BCUT2D eigenvalue weighted by Crippen LogP contribution is -2.18. The quantitative estimate of drug-likeness (QED) is 0.751. The van der Waals surface area contributed by atoms with Gasteiger partial charge in [0.05, 0.1) is 23.5 Å². The van der Waals surface area contributed by atoms with Gasteiger partial charge in [0.25, 0.3) is 0 Å². The summed E-state index contributed by atoms with van der Waals surface area (Å²) in [5.74, 6) is -2.28. The van der Waals surface area contributed by atoms with E-state index in [2.05, 4.69) is 10.6 Å². The average molecular weight is 348 g/mol. The molecule has 0 fully saturated rings. The van der Waals surface area contributed by atoms with Crippen molar-refractivity contribution in [2.45, 2.75) is 13.3 Å². The number of halogens is 2. The molecule has 0 aromatic heterocycles. The first-order valence-electron chi connectivity index (χ1n) is 7.76. The molecule has 0 aliphatic rings. The summed E-state index contributed by atoms with van der Waals surface area (Å²) in [4.78, 5) is 23.9. The van der Waals surface area contributed by atoms with Crippen molar-refractivity contribution in [3.63, 3.8) is 0 Å². The van der Waals surface area contributed by atoms with Gasteiger partial charge in [0.15, 0.2) is 0 Å². The van der Waals surface area contributed by atoms with Gasteiger partial charge in [0.1, 0.15) is 11.6 Å². The van der Waals surface area contributed by atoms with Crippen LogP contribution in [0.2, 0.25) is 0 Å². The van der Waals surface area contributed by atoms with Crippen molar-refractivity contribution >= 4 is 23.3 Å². The summed E-state index contributed by atoms with van der Waals surface area (Å²) in [6, 6.07) is 9.65. The van der Waals surface area contributed by atoms with Gasteiger partial charge in [0.2, 0.25) is 5.91 Å². The molecule has 0 saturated carbocycles. The van der Waals surface area contributed by atoms with E-state index in [1.807, 2.05) is 0 Å². The monoisotopic (exact) mass is 348 g/mol. The average Bonchev–Trinajstić information content (AvgIpc) is 2.57. The lowest BCUT2D eigenvalue weighted by Gasteiger charge is -2.11. The van der Waals surface area contributed by atoms with Crippen LogP contribution in [0.5, 0.6) is 0 Å². The molecule has 7 heteroatoms. The van der Waals surface area contributed by atoms with E-state index in [1.165, 1.54) is 6.07 Å². The molecule has 0 heterocycles. The van der Waals surface area contributed by atoms with E-state index in [1.54, 1.807) is 31.2 Å². The van der Waals surface area contributed by atoms with Crippen LogP contribution < -0.4 is 10.6 Å². The molecule has 132 valence electrons. The number of amides is 1. The van der Waals surface area contributed by atoms with Crippen molar-refractivity contribution in [3.05, 3.63) is 59.7 Å². The maximum atomic E-state index is 13.5. The molecule has 5 nitrogen and oxygen atoms in total. The summed E-state index contributed by atoms with van der Waals surface area (Å²) >= 11 is 0. The smallest absolute Gasteiger partial charge is 0.340 e. The van der Waals surface area contributed by atoms with Crippen LogP contribution in [0.4, 0.5) is 20.2 Å². The van der Waals surface area contributed by atoms with Crippen LogP contribution >= 0.6 is 0 Å². The van der Waals surface area contributed by atoms with E-state index in [0.29, 0.717) is 5.69 Å². The maximum Gasteiger partial charge on any atom is 0.340 e. The van der Waals surface area contributed by atoms with Gasteiger partial charge in [-0.1, -0.05) is 12.1 Å². The first-order valence-corrected chi connectivity index (χ1v) is 7.76. The van der Waals surface area contributed by atoms with Gasteiger partial charge < -0.3 is 15.4 Å². The fraction of sp³-hybridized carbons (Fsp3) is 0.222. The van der Waals surface area contributed by atoms with Gasteiger partial charge in [-0.3, -0.25) is 4.79 Å². The Bertz CT molecular complexity index is 766. The normalized spacial score (nSPS) is 10.2. The van der Waals surface area contributed by atoms with Crippen molar-refractivity contribution in [1.82, 2.24) is 0 Å². The van der Waals surface area contributed by atoms with E-state index in [-0.39, 0.29) is 36.7 Å². The number of nitrogens with one attached hydrogen (secondary N) is 2. The number of para-hydroxylation sites is 1. The van der Waals surface area contributed by atoms with Crippen molar-refractivity contribution in [2.24, 2.45) is 0 Å². The second kappa shape index (κ2) is 8.77. The minimum atomic E-state index is -0.729. The van der Waals surface area contributed by atoms with Gasteiger partial charge in [-0.2, -0.15) is 0 Å². The van der Waals surface area contributed by atoms with Crippen molar-refractivity contribution in [2.75, 3.05) is 23.8 Å². The van der Waals surface area contributed by atoms with E-state index in [9.17, 15) is 18.4 Å². The molecule has 2 rings (SSSR count). The van der Waals surface area contributed by atoms with Gasteiger partial charge >= 0.3 is 5.97 Å². The van der Waals surface area contributed by atoms with Crippen LogP contribution in [-0.4, -0.2) is 25.0 Å². The zero-order valence-corrected chi connectivity index (χ0v) is 13.6. The lowest BCUT2D eigenvalue weighted by molar-refractivity contribution is -0.115. The number of hydrogen-bond donors (Lipinski definition) is 2. The summed E-state index contributed by atoms with van der Waals surface area (Å²) in [5, 5.41) is 5.35. The topological polar surface area (TPSA) is 67.4 Å². The second-order valence-electron chi connectivity index (χ2n) is 5.12. The molecule has 25 heavy (non-hydrogen) atoms. The SMILES string of the molecule is CCOC(=O)c1ccccc1NC(=O)CCNc1ccc(F)cc1F. The van der Waals surface area contributed by atoms with Crippen LogP contribution in [0.15, 0.2) is 42.5 Å². The zero-order chi connectivity index (χ0) is 18.2. The van der Waals surface area contributed by atoms with Crippen LogP contribution in [-0.2, 0) is 9.53 Å². The van der Waals surface area contributed by atoms with Crippen molar-refractivity contribution in [3.8, 4) is 0 Å². The number of esters is 1. The summed E-state index contributed by atoms with van der Waals surface area (Å²) in [6.07, 6.45) is 0.0357. The number of anilines is 2. The molecule has 0 aliphatic heterocycles. The number of benzene rings is 2. The summed E-state index contributed by atoms with van der Waals surface area (Å²) < 4.78 is 31.2. The van der Waals surface area contributed by atoms with Gasteiger partial charge in [-0.05, 0) is 31.2 Å². The summed E-state index contributed by atoms with van der Waals surface area (Å²) in [5.41, 5.74) is 0.718. The molecule has 0 radical (unpaired) electrons. The highest BCUT2D eigenvalue weighted by Crippen LogP contribution is 2.17. The summed E-state index contributed by atoms with van der Waals surface area (Å²) in [7, 11) is 0. The Morgan fingerprint density at radius 1 is 1.08 bits per heavy atom. The number of rotatable bonds is 7. The predicted molar refractivity (Wildman–Crippen MR) is 90.5 cm³/mol. The standard InChI is InChI=1S/C18H18F2N2O3/c1-2-25-18(24)13-5-3-4-6-15(13)22-17(23)9-10-21-16-8-7-12(19)11-14(16)20/h3-8,11,21H,2,9-10H2,1H3,(H,22,23). The molecule has 0 aliphatic carbocycles. The Hall–Kier alpha value is -2.96. The number of hydrogen-bond acceptors (Lipinski definition) is 4. The van der Waals surface area contributed by atoms with Crippen LogP contribution in [0.1, 0.15) is 23.7 Å². The molecule has 0 saturated heterocycles. The summed E-state index contributed by atoms with van der Waals surface area (Å²) in [6.45, 7) is 2.07. The molecular weight excluding hydrogens is 330 g/mol. The van der Waals surface area contributed by atoms with Crippen LogP contribution in [0.3, 0.4) is 0 Å². The first-order chi connectivity index (χ1) is 12.0. The minimum absolute atomic E-state index is 0.0357. The Labute approximate surface area is 144 Å². The molecule has 0 unspecified atom stereocenters. The third-order valence-electron chi connectivity index (χ3n) is 3.30. The van der Waals surface area contributed by atoms with Crippen LogP contribution in [0, 0.1) is 11.6 Å². The Balaban J connectivity index is 1.91. The van der Waals surface area contributed by atoms with Gasteiger partial charge in [0, 0.05) is 19.0 Å². The largest absolute Gasteiger partial charge is 0.462 e. The highest BCUT2D eigenvalue weighted by Gasteiger charge is 2.13.